The molecule has 88 valence electrons. The third kappa shape index (κ3) is 3.52. The Morgan fingerprint density at radius 3 is 2.81 bits per heavy atom. The van der Waals surface area contributed by atoms with E-state index < -0.39 is 0 Å². The lowest BCUT2D eigenvalue weighted by Crippen LogP contribution is -2.22. The Morgan fingerprint density at radius 1 is 1.50 bits per heavy atom. The van der Waals surface area contributed by atoms with Crippen LogP contribution in [0.4, 0.5) is 5.69 Å². The largest absolute Gasteiger partial charge is 0.469 e. The van der Waals surface area contributed by atoms with Crippen molar-refractivity contribution in [3.63, 3.8) is 0 Å². The van der Waals surface area contributed by atoms with Crippen LogP contribution in [0.2, 0.25) is 0 Å². The van der Waals surface area contributed by atoms with Gasteiger partial charge in [-0.2, -0.15) is 0 Å². The minimum atomic E-state index is -0.181. The number of ether oxygens (including phenoxy) is 1. The molecule has 0 heterocycles. The first-order valence-corrected chi connectivity index (χ1v) is 5.88. The molecule has 0 aromatic heterocycles. The van der Waals surface area contributed by atoms with Gasteiger partial charge in [-0.1, -0.05) is 22.0 Å². The first kappa shape index (κ1) is 13.0. The molecule has 0 saturated carbocycles. The molecule has 0 radical (unpaired) electrons. The highest BCUT2D eigenvalue weighted by Crippen LogP contribution is 2.23. The Hall–Kier alpha value is -1.03. The topological polar surface area (TPSA) is 29.5 Å². The molecule has 4 heteroatoms. The fourth-order valence-corrected chi connectivity index (χ4v) is 1.82. The lowest BCUT2D eigenvalue weighted by molar-refractivity contribution is -0.140. The van der Waals surface area contributed by atoms with E-state index in [1.54, 1.807) is 0 Å². The number of benzene rings is 1. The minimum Gasteiger partial charge on any atom is -0.469 e. The fourth-order valence-electron chi connectivity index (χ4n) is 1.48. The summed E-state index contributed by atoms with van der Waals surface area (Å²) in [5.74, 6) is -0.181. The van der Waals surface area contributed by atoms with Gasteiger partial charge in [0.25, 0.3) is 0 Å². The number of carbonyl (C=O) groups excluding carboxylic acids is 1. The number of anilines is 1. The molecule has 1 rings (SSSR count). The number of hydrogen-bond donors (Lipinski definition) is 0. The van der Waals surface area contributed by atoms with Crippen molar-refractivity contribution >= 4 is 27.6 Å². The maximum atomic E-state index is 11.0. The number of esters is 1. The second-order valence-electron chi connectivity index (χ2n) is 3.68. The lowest BCUT2D eigenvalue weighted by atomic mass is 10.2. The number of carbonyl (C=O) groups is 1. The third-order valence-electron chi connectivity index (χ3n) is 2.46. The van der Waals surface area contributed by atoms with Crippen LogP contribution in [0.15, 0.2) is 22.7 Å². The summed E-state index contributed by atoms with van der Waals surface area (Å²) < 4.78 is 5.66. The van der Waals surface area contributed by atoms with Crippen LogP contribution in [0.1, 0.15) is 12.0 Å². The summed E-state index contributed by atoms with van der Waals surface area (Å²) in [5, 5.41) is 0. The van der Waals surface area contributed by atoms with Crippen molar-refractivity contribution in [2.24, 2.45) is 0 Å². The molecular formula is C12H16BrNO2. The summed E-state index contributed by atoms with van der Waals surface area (Å²) in [4.78, 5) is 13.1. The van der Waals surface area contributed by atoms with E-state index >= 15 is 0 Å². The van der Waals surface area contributed by atoms with Crippen molar-refractivity contribution in [2.75, 3.05) is 25.6 Å². The summed E-state index contributed by atoms with van der Waals surface area (Å²) in [6.07, 6.45) is 0.402. The number of aryl methyl sites for hydroxylation is 1. The van der Waals surface area contributed by atoms with Gasteiger partial charge in [-0.15, -0.1) is 0 Å². The van der Waals surface area contributed by atoms with Crippen molar-refractivity contribution in [3.8, 4) is 0 Å². The Bertz CT molecular complexity index is 379. The molecule has 0 aliphatic rings. The first-order valence-electron chi connectivity index (χ1n) is 5.08. The summed E-state index contributed by atoms with van der Waals surface area (Å²) in [6.45, 7) is 2.71. The molecule has 0 spiro atoms. The van der Waals surface area contributed by atoms with Gasteiger partial charge < -0.3 is 9.64 Å². The van der Waals surface area contributed by atoms with E-state index in [0.29, 0.717) is 13.0 Å². The van der Waals surface area contributed by atoms with Crippen LogP contribution in [-0.4, -0.2) is 26.7 Å². The number of hydrogen-bond acceptors (Lipinski definition) is 3. The fraction of sp³-hybridized carbons (Fsp3) is 0.417. The summed E-state index contributed by atoms with van der Waals surface area (Å²) in [5.41, 5.74) is 2.31. The van der Waals surface area contributed by atoms with Crippen LogP contribution in [0, 0.1) is 6.92 Å². The van der Waals surface area contributed by atoms with Crippen LogP contribution in [0.25, 0.3) is 0 Å². The van der Waals surface area contributed by atoms with Gasteiger partial charge in [-0.05, 0) is 24.6 Å². The predicted molar refractivity (Wildman–Crippen MR) is 68.8 cm³/mol. The van der Waals surface area contributed by atoms with Crippen LogP contribution in [0.3, 0.4) is 0 Å². The van der Waals surface area contributed by atoms with Crippen molar-refractivity contribution in [1.82, 2.24) is 0 Å². The second kappa shape index (κ2) is 5.89. The van der Waals surface area contributed by atoms with Crippen LogP contribution < -0.4 is 4.90 Å². The molecule has 0 atom stereocenters. The van der Waals surface area contributed by atoms with Crippen LogP contribution in [0.5, 0.6) is 0 Å². The Labute approximate surface area is 105 Å². The van der Waals surface area contributed by atoms with Gasteiger partial charge in [0.05, 0.1) is 13.5 Å². The van der Waals surface area contributed by atoms with Gasteiger partial charge in [0, 0.05) is 23.8 Å². The zero-order valence-electron chi connectivity index (χ0n) is 9.79. The van der Waals surface area contributed by atoms with Gasteiger partial charge in [0.15, 0.2) is 0 Å². The molecular weight excluding hydrogens is 270 g/mol. The average molecular weight is 286 g/mol. The quantitative estimate of drug-likeness (QED) is 0.797. The average Bonchev–Trinajstić information content (AvgIpc) is 2.28. The predicted octanol–water partition coefficient (Wildman–Crippen LogP) is 2.76. The molecule has 0 aliphatic heterocycles. The minimum absolute atomic E-state index is 0.181. The summed E-state index contributed by atoms with van der Waals surface area (Å²) in [6, 6.07) is 6.10. The molecule has 0 saturated heterocycles. The van der Waals surface area contributed by atoms with E-state index in [4.69, 9.17) is 0 Å². The zero-order valence-corrected chi connectivity index (χ0v) is 11.4. The summed E-state index contributed by atoms with van der Waals surface area (Å²) in [7, 11) is 3.38. The van der Waals surface area contributed by atoms with E-state index in [0.717, 1.165) is 10.2 Å². The van der Waals surface area contributed by atoms with Crippen molar-refractivity contribution in [1.29, 1.82) is 0 Å². The van der Waals surface area contributed by atoms with Crippen molar-refractivity contribution in [3.05, 3.63) is 28.2 Å². The first-order chi connectivity index (χ1) is 7.54. The smallest absolute Gasteiger partial charge is 0.307 e. The van der Waals surface area contributed by atoms with Gasteiger partial charge in [-0.3, -0.25) is 4.79 Å². The van der Waals surface area contributed by atoms with Gasteiger partial charge in [-0.25, -0.2) is 0 Å². The molecule has 16 heavy (non-hydrogen) atoms. The maximum Gasteiger partial charge on any atom is 0.307 e. The zero-order chi connectivity index (χ0) is 12.1. The van der Waals surface area contributed by atoms with E-state index in [1.165, 1.54) is 12.7 Å². The van der Waals surface area contributed by atoms with Crippen molar-refractivity contribution < 1.29 is 9.53 Å². The van der Waals surface area contributed by atoms with Gasteiger partial charge in [0.2, 0.25) is 0 Å². The third-order valence-corrected chi connectivity index (χ3v) is 2.95. The lowest BCUT2D eigenvalue weighted by Gasteiger charge is -2.21. The van der Waals surface area contributed by atoms with Crippen LogP contribution >= 0.6 is 15.9 Å². The molecule has 0 N–H and O–H groups in total. The molecule has 1 aromatic carbocycles. The van der Waals surface area contributed by atoms with E-state index in [-0.39, 0.29) is 5.97 Å². The van der Waals surface area contributed by atoms with E-state index in [2.05, 4.69) is 32.5 Å². The Morgan fingerprint density at radius 2 is 2.19 bits per heavy atom. The Kier molecular flexibility index (Phi) is 4.80. The van der Waals surface area contributed by atoms with E-state index in [9.17, 15) is 4.79 Å². The Balaban J connectivity index is 2.68. The van der Waals surface area contributed by atoms with Crippen LogP contribution in [-0.2, 0) is 9.53 Å². The molecule has 0 fully saturated rings. The molecule has 0 unspecified atom stereocenters. The highest BCUT2D eigenvalue weighted by Gasteiger charge is 2.07. The normalized spacial score (nSPS) is 10.0. The summed E-state index contributed by atoms with van der Waals surface area (Å²) >= 11 is 3.44. The molecule has 1 aromatic rings. The standard InChI is InChI=1S/C12H16BrNO2/c1-9-4-5-10(13)8-11(9)14(2)7-6-12(15)16-3/h4-5,8H,6-7H2,1-3H3. The molecule has 0 amide bonds. The molecule has 3 nitrogen and oxygen atoms in total. The monoisotopic (exact) mass is 285 g/mol. The highest BCUT2D eigenvalue weighted by atomic mass is 79.9. The van der Waals surface area contributed by atoms with Gasteiger partial charge >= 0.3 is 5.97 Å². The van der Waals surface area contributed by atoms with Crippen molar-refractivity contribution in [2.45, 2.75) is 13.3 Å². The number of nitrogens with zero attached hydrogens (tertiary/aromatic N) is 1. The number of rotatable bonds is 4. The molecule has 0 bridgehead atoms. The second-order valence-corrected chi connectivity index (χ2v) is 4.59. The number of halogens is 1. The number of methoxy groups -OCH3 is 1. The molecule has 0 aliphatic carbocycles. The maximum absolute atomic E-state index is 11.0. The highest BCUT2D eigenvalue weighted by molar-refractivity contribution is 9.10. The SMILES string of the molecule is COC(=O)CCN(C)c1cc(Br)ccc1C. The van der Waals surface area contributed by atoms with Gasteiger partial charge in [0.1, 0.15) is 0 Å². The van der Waals surface area contributed by atoms with E-state index in [1.807, 2.05) is 25.2 Å².